The van der Waals surface area contributed by atoms with Crippen LogP contribution in [-0.4, -0.2) is 13.1 Å². The van der Waals surface area contributed by atoms with Crippen molar-refractivity contribution in [2.45, 2.75) is 33.7 Å². The van der Waals surface area contributed by atoms with E-state index in [2.05, 4.69) is 50.5 Å². The van der Waals surface area contributed by atoms with E-state index in [0.717, 1.165) is 30.8 Å². The molecule has 2 nitrogen and oxygen atoms in total. The molecule has 17 heavy (non-hydrogen) atoms. The van der Waals surface area contributed by atoms with E-state index in [1.54, 1.807) is 11.3 Å². The van der Waals surface area contributed by atoms with Gasteiger partial charge in [0.2, 0.25) is 0 Å². The summed E-state index contributed by atoms with van der Waals surface area (Å²) in [6.07, 6.45) is 0. The Bertz CT molecular complexity index is 285. The molecule has 0 aliphatic rings. The molecule has 1 heterocycles. The molecule has 0 amide bonds. The first-order valence-electron chi connectivity index (χ1n) is 6.52. The lowest BCUT2D eigenvalue weighted by atomic mass is 9.85. The minimum atomic E-state index is 0.134. The smallest absolute Gasteiger partial charge is 0.0516 e. The van der Waals surface area contributed by atoms with E-state index in [4.69, 9.17) is 5.73 Å². The Morgan fingerprint density at radius 3 is 2.29 bits per heavy atom. The first kappa shape index (κ1) is 14.7. The summed E-state index contributed by atoms with van der Waals surface area (Å²) in [4.78, 5) is 1.27. The molecule has 0 radical (unpaired) electrons. The number of rotatable bonds is 7. The number of hydrogen-bond acceptors (Lipinski definition) is 3. The summed E-state index contributed by atoms with van der Waals surface area (Å²) in [5.41, 5.74) is 6.13. The first-order valence-corrected chi connectivity index (χ1v) is 7.40. The van der Waals surface area contributed by atoms with Crippen LogP contribution in [0.15, 0.2) is 17.5 Å². The molecule has 0 saturated carbocycles. The van der Waals surface area contributed by atoms with Gasteiger partial charge in [-0.2, -0.15) is 0 Å². The molecule has 1 unspecified atom stereocenters. The van der Waals surface area contributed by atoms with Gasteiger partial charge in [-0.05, 0) is 35.7 Å². The Morgan fingerprint density at radius 1 is 1.18 bits per heavy atom. The molecule has 1 rings (SSSR count). The van der Waals surface area contributed by atoms with Crippen molar-refractivity contribution in [2.75, 3.05) is 13.1 Å². The number of nitrogens with two attached hydrogens (primary N) is 1. The second-order valence-electron chi connectivity index (χ2n) is 5.43. The van der Waals surface area contributed by atoms with Crippen LogP contribution in [0, 0.1) is 17.8 Å². The van der Waals surface area contributed by atoms with Crippen LogP contribution in [0.5, 0.6) is 0 Å². The predicted molar refractivity (Wildman–Crippen MR) is 77.3 cm³/mol. The third-order valence-electron chi connectivity index (χ3n) is 3.37. The van der Waals surface area contributed by atoms with Crippen molar-refractivity contribution in [1.29, 1.82) is 0 Å². The molecule has 0 fully saturated rings. The minimum absolute atomic E-state index is 0.134. The average molecular weight is 254 g/mol. The quantitative estimate of drug-likeness (QED) is 0.784. The third-order valence-corrected chi connectivity index (χ3v) is 4.37. The number of thiophene rings is 1. The maximum atomic E-state index is 6.13. The Morgan fingerprint density at radius 2 is 1.82 bits per heavy atom. The molecular formula is C14H26N2S. The highest BCUT2D eigenvalue weighted by Gasteiger charge is 2.17. The Balaban J connectivity index is 2.31. The van der Waals surface area contributed by atoms with E-state index in [9.17, 15) is 0 Å². The number of hydrogen-bond donors (Lipinski definition) is 2. The molecule has 1 atom stereocenters. The molecule has 0 saturated heterocycles. The van der Waals surface area contributed by atoms with E-state index < -0.39 is 0 Å². The SMILES string of the molecule is CC(C)C(CNCC(N)c1cccs1)C(C)C. The maximum Gasteiger partial charge on any atom is 0.0516 e. The van der Waals surface area contributed by atoms with Gasteiger partial charge in [0.25, 0.3) is 0 Å². The van der Waals surface area contributed by atoms with Gasteiger partial charge in [-0.25, -0.2) is 0 Å². The zero-order valence-electron chi connectivity index (χ0n) is 11.4. The molecule has 0 bridgehead atoms. The van der Waals surface area contributed by atoms with Crippen LogP contribution >= 0.6 is 11.3 Å². The standard InChI is InChI=1S/C14H26N2S/c1-10(2)12(11(3)4)8-16-9-13(15)14-6-5-7-17-14/h5-7,10-13,16H,8-9,15H2,1-4H3. The highest BCUT2D eigenvalue weighted by atomic mass is 32.1. The van der Waals surface area contributed by atoms with Crippen LogP contribution in [0.4, 0.5) is 0 Å². The van der Waals surface area contributed by atoms with Crippen LogP contribution in [0.2, 0.25) is 0 Å². The van der Waals surface area contributed by atoms with Crippen LogP contribution < -0.4 is 11.1 Å². The summed E-state index contributed by atoms with van der Waals surface area (Å²) in [5.74, 6) is 2.17. The van der Waals surface area contributed by atoms with Gasteiger partial charge in [0.05, 0.1) is 6.04 Å². The van der Waals surface area contributed by atoms with Gasteiger partial charge >= 0.3 is 0 Å². The molecule has 0 aliphatic carbocycles. The van der Waals surface area contributed by atoms with Gasteiger partial charge in [0, 0.05) is 11.4 Å². The van der Waals surface area contributed by atoms with Crippen molar-refractivity contribution >= 4 is 11.3 Å². The zero-order chi connectivity index (χ0) is 12.8. The van der Waals surface area contributed by atoms with E-state index >= 15 is 0 Å². The topological polar surface area (TPSA) is 38.0 Å². The fraction of sp³-hybridized carbons (Fsp3) is 0.714. The number of nitrogens with one attached hydrogen (secondary N) is 1. The lowest BCUT2D eigenvalue weighted by Gasteiger charge is -2.25. The normalized spacial score (nSPS) is 13.9. The Kier molecular flexibility index (Phi) is 6.17. The molecule has 1 aromatic heterocycles. The first-order chi connectivity index (χ1) is 8.02. The fourth-order valence-corrected chi connectivity index (χ4v) is 2.98. The van der Waals surface area contributed by atoms with Crippen molar-refractivity contribution in [2.24, 2.45) is 23.5 Å². The zero-order valence-corrected chi connectivity index (χ0v) is 12.3. The van der Waals surface area contributed by atoms with E-state index in [-0.39, 0.29) is 6.04 Å². The molecular weight excluding hydrogens is 228 g/mol. The van der Waals surface area contributed by atoms with Crippen molar-refractivity contribution in [3.05, 3.63) is 22.4 Å². The monoisotopic (exact) mass is 254 g/mol. The third kappa shape index (κ3) is 4.78. The summed E-state index contributed by atoms with van der Waals surface area (Å²) in [6, 6.07) is 4.31. The summed E-state index contributed by atoms with van der Waals surface area (Å²) < 4.78 is 0. The molecule has 3 N–H and O–H groups in total. The maximum absolute atomic E-state index is 6.13. The minimum Gasteiger partial charge on any atom is -0.322 e. The summed E-state index contributed by atoms with van der Waals surface area (Å²) in [7, 11) is 0. The van der Waals surface area contributed by atoms with E-state index in [1.807, 2.05) is 0 Å². The van der Waals surface area contributed by atoms with Gasteiger partial charge < -0.3 is 11.1 Å². The molecule has 0 spiro atoms. The highest BCUT2D eigenvalue weighted by molar-refractivity contribution is 7.10. The highest BCUT2D eigenvalue weighted by Crippen LogP contribution is 2.20. The van der Waals surface area contributed by atoms with Gasteiger partial charge in [-0.3, -0.25) is 0 Å². The largest absolute Gasteiger partial charge is 0.322 e. The van der Waals surface area contributed by atoms with E-state index in [1.165, 1.54) is 4.88 Å². The fourth-order valence-electron chi connectivity index (χ4n) is 2.25. The van der Waals surface area contributed by atoms with Crippen molar-refractivity contribution < 1.29 is 0 Å². The lowest BCUT2D eigenvalue weighted by Crippen LogP contribution is -2.34. The van der Waals surface area contributed by atoms with Crippen LogP contribution in [-0.2, 0) is 0 Å². The summed E-state index contributed by atoms with van der Waals surface area (Å²) in [6.45, 7) is 11.1. The van der Waals surface area contributed by atoms with Gasteiger partial charge in [0.1, 0.15) is 0 Å². The second-order valence-corrected chi connectivity index (χ2v) is 6.41. The second kappa shape index (κ2) is 7.14. The summed E-state index contributed by atoms with van der Waals surface area (Å²) >= 11 is 1.74. The molecule has 3 heteroatoms. The predicted octanol–water partition coefficient (Wildman–Crippen LogP) is 3.27. The van der Waals surface area contributed by atoms with Crippen molar-refractivity contribution in [1.82, 2.24) is 5.32 Å². The van der Waals surface area contributed by atoms with Crippen LogP contribution in [0.1, 0.15) is 38.6 Å². The molecule has 1 aromatic rings. The molecule has 0 aliphatic heterocycles. The Labute approximate surface area is 110 Å². The van der Waals surface area contributed by atoms with Gasteiger partial charge in [-0.1, -0.05) is 33.8 Å². The molecule has 98 valence electrons. The van der Waals surface area contributed by atoms with Crippen LogP contribution in [0.3, 0.4) is 0 Å². The van der Waals surface area contributed by atoms with Gasteiger partial charge in [-0.15, -0.1) is 11.3 Å². The van der Waals surface area contributed by atoms with Crippen molar-refractivity contribution in [3.63, 3.8) is 0 Å². The lowest BCUT2D eigenvalue weighted by molar-refractivity contribution is 0.274. The van der Waals surface area contributed by atoms with E-state index in [0.29, 0.717) is 0 Å². The van der Waals surface area contributed by atoms with Gasteiger partial charge in [0.15, 0.2) is 0 Å². The van der Waals surface area contributed by atoms with Crippen molar-refractivity contribution in [3.8, 4) is 0 Å². The van der Waals surface area contributed by atoms with Crippen LogP contribution in [0.25, 0.3) is 0 Å². The summed E-state index contributed by atoms with van der Waals surface area (Å²) in [5, 5.41) is 5.60. The average Bonchev–Trinajstić information content (AvgIpc) is 2.76. The Hall–Kier alpha value is -0.380. The molecule has 0 aromatic carbocycles.